The maximum Gasteiger partial charge on any atom is 0.247 e. The van der Waals surface area contributed by atoms with E-state index in [2.05, 4.69) is 22.9 Å². The van der Waals surface area contributed by atoms with Crippen LogP contribution in [-0.4, -0.2) is 31.6 Å². The number of hydrogen-bond donors (Lipinski definition) is 0. The highest BCUT2D eigenvalue weighted by molar-refractivity contribution is 7.10. The highest BCUT2D eigenvalue weighted by Crippen LogP contribution is 2.39. The standard InChI is InChI=1S/C22H21NO3S2/c1-25-16-7-5-15(18(14-16)26-2)6-8-21(24)23-11-9-19-17(10-13-28-19)22(23)20-4-3-12-27-20/h3-8,10,12-14,22H,9,11H2,1-2H3/b8-6+. The van der Waals surface area contributed by atoms with Crippen LogP contribution in [0, 0.1) is 0 Å². The highest BCUT2D eigenvalue weighted by Gasteiger charge is 2.32. The first kappa shape index (κ1) is 18.8. The Morgan fingerprint density at radius 3 is 2.79 bits per heavy atom. The molecule has 144 valence electrons. The number of carbonyl (C=O) groups is 1. The van der Waals surface area contributed by atoms with Crippen LogP contribution in [0.2, 0.25) is 0 Å². The smallest absolute Gasteiger partial charge is 0.247 e. The lowest BCUT2D eigenvalue weighted by Crippen LogP contribution is -2.38. The minimum atomic E-state index is -0.00934. The molecule has 28 heavy (non-hydrogen) atoms. The van der Waals surface area contributed by atoms with Crippen LogP contribution in [0.25, 0.3) is 6.08 Å². The molecule has 6 heteroatoms. The molecule has 0 aliphatic carbocycles. The number of nitrogens with zero attached hydrogens (tertiary/aromatic N) is 1. The van der Waals surface area contributed by atoms with Crippen LogP contribution in [0.3, 0.4) is 0 Å². The van der Waals surface area contributed by atoms with Crippen molar-refractivity contribution < 1.29 is 14.3 Å². The van der Waals surface area contributed by atoms with E-state index in [9.17, 15) is 4.79 Å². The van der Waals surface area contributed by atoms with Gasteiger partial charge in [0.15, 0.2) is 0 Å². The van der Waals surface area contributed by atoms with Gasteiger partial charge in [-0.1, -0.05) is 6.07 Å². The Labute approximate surface area is 172 Å². The molecule has 1 amide bonds. The molecule has 0 bridgehead atoms. The Kier molecular flexibility index (Phi) is 5.50. The minimum Gasteiger partial charge on any atom is -0.497 e. The van der Waals surface area contributed by atoms with Crippen LogP contribution in [0.1, 0.15) is 26.9 Å². The molecule has 0 saturated heterocycles. The average Bonchev–Trinajstić information content (AvgIpc) is 3.42. The molecule has 1 unspecified atom stereocenters. The van der Waals surface area contributed by atoms with Crippen LogP contribution in [-0.2, 0) is 11.2 Å². The summed E-state index contributed by atoms with van der Waals surface area (Å²) in [6.45, 7) is 0.721. The Bertz CT molecular complexity index is 991. The van der Waals surface area contributed by atoms with Crippen LogP contribution in [0.5, 0.6) is 11.5 Å². The molecule has 0 radical (unpaired) electrons. The number of ether oxygens (including phenoxy) is 2. The fourth-order valence-corrected chi connectivity index (χ4v) is 5.28. The molecule has 3 heterocycles. The summed E-state index contributed by atoms with van der Waals surface area (Å²) < 4.78 is 10.7. The second-order valence-corrected chi connectivity index (χ2v) is 8.42. The first-order chi connectivity index (χ1) is 13.7. The Balaban J connectivity index is 1.62. The van der Waals surface area contributed by atoms with E-state index in [1.807, 2.05) is 35.2 Å². The maximum atomic E-state index is 13.1. The van der Waals surface area contributed by atoms with Gasteiger partial charge in [0, 0.05) is 34.0 Å². The fraction of sp³-hybridized carbons (Fsp3) is 0.227. The first-order valence-electron chi connectivity index (χ1n) is 9.01. The van der Waals surface area contributed by atoms with E-state index in [-0.39, 0.29) is 11.9 Å². The largest absolute Gasteiger partial charge is 0.497 e. The van der Waals surface area contributed by atoms with Crippen molar-refractivity contribution in [2.24, 2.45) is 0 Å². The summed E-state index contributed by atoms with van der Waals surface area (Å²) in [6.07, 6.45) is 4.36. The molecule has 1 aromatic carbocycles. The van der Waals surface area contributed by atoms with Gasteiger partial charge >= 0.3 is 0 Å². The predicted octanol–water partition coefficient (Wildman–Crippen LogP) is 5.01. The third kappa shape index (κ3) is 3.57. The fourth-order valence-electron chi connectivity index (χ4n) is 3.52. The Morgan fingerprint density at radius 1 is 1.14 bits per heavy atom. The molecule has 2 aromatic heterocycles. The van der Waals surface area contributed by atoms with Gasteiger partial charge in [0.25, 0.3) is 0 Å². The summed E-state index contributed by atoms with van der Waals surface area (Å²) in [4.78, 5) is 17.7. The van der Waals surface area contributed by atoms with Gasteiger partial charge in [0.2, 0.25) is 5.91 Å². The van der Waals surface area contributed by atoms with Gasteiger partial charge in [0.1, 0.15) is 11.5 Å². The van der Waals surface area contributed by atoms with Crippen molar-refractivity contribution in [1.82, 2.24) is 4.90 Å². The molecule has 4 rings (SSSR count). The molecule has 0 saturated carbocycles. The van der Waals surface area contributed by atoms with Crippen molar-refractivity contribution in [1.29, 1.82) is 0 Å². The van der Waals surface area contributed by atoms with Crippen molar-refractivity contribution in [3.05, 3.63) is 74.1 Å². The SMILES string of the molecule is COc1ccc(/C=C/C(=O)N2CCc3sccc3C2c2cccs2)c(OC)c1. The molecule has 1 aliphatic heterocycles. The summed E-state index contributed by atoms with van der Waals surface area (Å²) in [5.41, 5.74) is 2.10. The molecule has 0 spiro atoms. The summed E-state index contributed by atoms with van der Waals surface area (Å²) in [5.74, 6) is 1.41. The molecule has 3 aromatic rings. The molecular weight excluding hydrogens is 390 g/mol. The van der Waals surface area contributed by atoms with Gasteiger partial charge in [0.05, 0.1) is 20.3 Å². The van der Waals surface area contributed by atoms with E-state index in [0.717, 1.165) is 24.3 Å². The zero-order valence-corrected chi connectivity index (χ0v) is 17.4. The van der Waals surface area contributed by atoms with E-state index >= 15 is 0 Å². The van der Waals surface area contributed by atoms with Gasteiger partial charge in [-0.05, 0) is 53.1 Å². The van der Waals surface area contributed by atoms with Gasteiger partial charge in [-0.15, -0.1) is 22.7 Å². The van der Waals surface area contributed by atoms with Crippen molar-refractivity contribution in [3.63, 3.8) is 0 Å². The molecule has 1 aliphatic rings. The van der Waals surface area contributed by atoms with Gasteiger partial charge in [-0.3, -0.25) is 4.79 Å². The van der Waals surface area contributed by atoms with Crippen molar-refractivity contribution in [2.45, 2.75) is 12.5 Å². The lowest BCUT2D eigenvalue weighted by atomic mass is 9.98. The Morgan fingerprint density at radius 2 is 2.04 bits per heavy atom. The highest BCUT2D eigenvalue weighted by atomic mass is 32.1. The van der Waals surface area contributed by atoms with Crippen LogP contribution >= 0.6 is 22.7 Å². The normalized spacial score (nSPS) is 16.2. The third-order valence-electron chi connectivity index (χ3n) is 4.91. The van der Waals surface area contributed by atoms with Crippen molar-refractivity contribution in [2.75, 3.05) is 20.8 Å². The molecule has 0 N–H and O–H groups in total. The van der Waals surface area contributed by atoms with Gasteiger partial charge < -0.3 is 14.4 Å². The maximum absolute atomic E-state index is 13.1. The third-order valence-corrected chi connectivity index (χ3v) is 6.83. The van der Waals surface area contributed by atoms with E-state index in [4.69, 9.17) is 9.47 Å². The van der Waals surface area contributed by atoms with E-state index in [0.29, 0.717) is 5.75 Å². The molecule has 1 atom stereocenters. The van der Waals surface area contributed by atoms with Gasteiger partial charge in [-0.25, -0.2) is 0 Å². The summed E-state index contributed by atoms with van der Waals surface area (Å²) >= 11 is 3.47. The minimum absolute atomic E-state index is 0.00752. The van der Waals surface area contributed by atoms with Crippen molar-refractivity contribution >= 4 is 34.7 Å². The summed E-state index contributed by atoms with van der Waals surface area (Å²) in [7, 11) is 3.23. The first-order valence-corrected chi connectivity index (χ1v) is 10.8. The lowest BCUT2D eigenvalue weighted by Gasteiger charge is -2.34. The molecule has 0 fully saturated rings. The molecular formula is C22H21NO3S2. The van der Waals surface area contributed by atoms with E-state index < -0.39 is 0 Å². The number of amides is 1. The molecule has 4 nitrogen and oxygen atoms in total. The number of rotatable bonds is 5. The predicted molar refractivity (Wildman–Crippen MR) is 114 cm³/mol. The second kappa shape index (κ2) is 8.20. The topological polar surface area (TPSA) is 38.8 Å². The number of thiophene rings is 2. The number of methoxy groups -OCH3 is 2. The number of carbonyl (C=O) groups excluding carboxylic acids is 1. The van der Waals surface area contributed by atoms with E-state index in [1.54, 1.807) is 43.0 Å². The van der Waals surface area contributed by atoms with Crippen molar-refractivity contribution in [3.8, 4) is 11.5 Å². The summed E-state index contributed by atoms with van der Waals surface area (Å²) in [6, 6.07) is 11.9. The monoisotopic (exact) mass is 411 g/mol. The van der Waals surface area contributed by atoms with E-state index in [1.165, 1.54) is 15.3 Å². The van der Waals surface area contributed by atoms with Crippen LogP contribution in [0.15, 0.2) is 53.2 Å². The number of hydrogen-bond acceptors (Lipinski definition) is 5. The Hall–Kier alpha value is -2.57. The zero-order chi connectivity index (χ0) is 19.5. The number of fused-ring (bicyclic) bond motifs is 1. The second-order valence-electron chi connectivity index (χ2n) is 6.44. The average molecular weight is 412 g/mol. The van der Waals surface area contributed by atoms with Gasteiger partial charge in [-0.2, -0.15) is 0 Å². The zero-order valence-electron chi connectivity index (χ0n) is 15.8. The quantitative estimate of drug-likeness (QED) is 0.554. The van der Waals surface area contributed by atoms with Crippen LogP contribution in [0.4, 0.5) is 0 Å². The number of benzene rings is 1. The summed E-state index contributed by atoms with van der Waals surface area (Å²) in [5, 5.41) is 4.19. The van der Waals surface area contributed by atoms with Crippen LogP contribution < -0.4 is 9.47 Å². The lowest BCUT2D eigenvalue weighted by molar-refractivity contribution is -0.127.